The Labute approximate surface area is 105 Å². The first-order chi connectivity index (χ1) is 8.70. The van der Waals surface area contributed by atoms with Gasteiger partial charge in [-0.1, -0.05) is 18.2 Å². The van der Waals surface area contributed by atoms with E-state index in [-0.39, 0.29) is 5.82 Å². The number of nitrogens with one attached hydrogen (secondary N) is 1. The Morgan fingerprint density at radius 1 is 1.22 bits per heavy atom. The van der Waals surface area contributed by atoms with Crippen molar-refractivity contribution in [2.75, 3.05) is 18.2 Å². The summed E-state index contributed by atoms with van der Waals surface area (Å²) < 4.78 is 18.2. The van der Waals surface area contributed by atoms with Gasteiger partial charge in [0.05, 0.1) is 18.5 Å². The lowest BCUT2D eigenvalue weighted by Crippen LogP contribution is -2.03. The Hall–Kier alpha value is -2.23. The number of nitrogens with two attached hydrogens (primary N) is 1. The molecule has 0 heterocycles. The first-order valence-corrected chi connectivity index (χ1v) is 5.61. The normalized spacial score (nSPS) is 10.1. The van der Waals surface area contributed by atoms with Gasteiger partial charge >= 0.3 is 0 Å². The van der Waals surface area contributed by atoms with E-state index in [0.29, 0.717) is 18.0 Å². The number of methoxy groups -OCH3 is 1. The monoisotopic (exact) mass is 246 g/mol. The maximum absolute atomic E-state index is 13.0. The molecule has 4 heteroatoms. The maximum Gasteiger partial charge on any atom is 0.143 e. The minimum atomic E-state index is -0.243. The van der Waals surface area contributed by atoms with E-state index in [0.717, 1.165) is 11.3 Å². The van der Waals surface area contributed by atoms with Gasteiger partial charge in [0.2, 0.25) is 0 Å². The molecule has 0 atom stereocenters. The minimum absolute atomic E-state index is 0.243. The van der Waals surface area contributed by atoms with Crippen LogP contribution in [0.4, 0.5) is 15.8 Å². The highest BCUT2D eigenvalue weighted by Gasteiger charge is 2.04. The molecule has 0 saturated carbocycles. The highest BCUT2D eigenvalue weighted by molar-refractivity contribution is 5.72. The third kappa shape index (κ3) is 2.71. The molecule has 0 radical (unpaired) electrons. The number of rotatable bonds is 4. The molecule has 0 amide bonds. The van der Waals surface area contributed by atoms with Crippen LogP contribution < -0.4 is 15.8 Å². The minimum Gasteiger partial charge on any atom is -0.495 e. The molecule has 3 nitrogen and oxygen atoms in total. The van der Waals surface area contributed by atoms with E-state index in [1.165, 1.54) is 12.1 Å². The largest absolute Gasteiger partial charge is 0.495 e. The predicted octanol–water partition coefficient (Wildman–Crippen LogP) is 3.03. The fourth-order valence-corrected chi connectivity index (χ4v) is 1.72. The second-order valence-electron chi connectivity index (χ2n) is 3.90. The number of para-hydroxylation sites is 1. The Morgan fingerprint density at radius 3 is 2.72 bits per heavy atom. The lowest BCUT2D eigenvalue weighted by molar-refractivity contribution is 0.417. The zero-order valence-corrected chi connectivity index (χ0v) is 10.1. The summed E-state index contributed by atoms with van der Waals surface area (Å²) in [6, 6.07) is 11.9. The molecule has 0 unspecified atom stereocenters. The van der Waals surface area contributed by atoms with Crippen LogP contribution in [-0.4, -0.2) is 7.11 Å². The van der Waals surface area contributed by atoms with Crippen LogP contribution in [0.1, 0.15) is 5.56 Å². The molecule has 0 fully saturated rings. The molecule has 0 saturated heterocycles. The molecule has 0 spiro atoms. The van der Waals surface area contributed by atoms with Crippen LogP contribution in [0.15, 0.2) is 42.5 Å². The van der Waals surface area contributed by atoms with Crippen molar-refractivity contribution in [1.29, 1.82) is 0 Å². The lowest BCUT2D eigenvalue weighted by atomic mass is 10.2. The van der Waals surface area contributed by atoms with Crippen LogP contribution >= 0.6 is 0 Å². The van der Waals surface area contributed by atoms with Crippen molar-refractivity contribution in [2.45, 2.75) is 6.54 Å². The van der Waals surface area contributed by atoms with Gasteiger partial charge in [-0.3, -0.25) is 0 Å². The standard InChI is InChI=1S/C14H15FN2O/c1-18-13-7-3-6-12(14(13)16)17-9-10-4-2-5-11(15)8-10/h2-8,17H,9,16H2,1H3. The van der Waals surface area contributed by atoms with Gasteiger partial charge in [0.25, 0.3) is 0 Å². The summed E-state index contributed by atoms with van der Waals surface area (Å²) in [6.07, 6.45) is 0. The molecule has 2 aromatic rings. The summed E-state index contributed by atoms with van der Waals surface area (Å²) in [7, 11) is 1.57. The first-order valence-electron chi connectivity index (χ1n) is 5.61. The maximum atomic E-state index is 13.0. The number of nitrogen functional groups attached to an aromatic ring is 1. The third-order valence-electron chi connectivity index (χ3n) is 2.66. The van der Waals surface area contributed by atoms with Gasteiger partial charge in [-0.15, -0.1) is 0 Å². The number of hydrogen-bond acceptors (Lipinski definition) is 3. The van der Waals surface area contributed by atoms with Crippen molar-refractivity contribution in [3.63, 3.8) is 0 Å². The van der Waals surface area contributed by atoms with Gasteiger partial charge in [-0.25, -0.2) is 4.39 Å². The summed E-state index contributed by atoms with van der Waals surface area (Å²) in [4.78, 5) is 0. The molecule has 3 N–H and O–H groups in total. The van der Waals surface area contributed by atoms with Crippen LogP contribution in [0, 0.1) is 5.82 Å². The summed E-state index contributed by atoms with van der Waals surface area (Å²) >= 11 is 0. The third-order valence-corrected chi connectivity index (χ3v) is 2.66. The SMILES string of the molecule is COc1cccc(NCc2cccc(F)c2)c1N. The van der Waals surface area contributed by atoms with Gasteiger partial charge in [-0.05, 0) is 29.8 Å². The molecule has 2 aromatic carbocycles. The van der Waals surface area contributed by atoms with Gasteiger partial charge in [0, 0.05) is 6.54 Å². The quantitative estimate of drug-likeness (QED) is 0.815. The second-order valence-corrected chi connectivity index (χ2v) is 3.90. The lowest BCUT2D eigenvalue weighted by Gasteiger charge is -2.12. The summed E-state index contributed by atoms with van der Waals surface area (Å²) in [6.45, 7) is 0.509. The molecular formula is C14H15FN2O. The Kier molecular flexibility index (Phi) is 3.67. The molecule has 0 bridgehead atoms. The number of hydrogen-bond donors (Lipinski definition) is 2. The van der Waals surface area contributed by atoms with E-state index in [2.05, 4.69) is 5.32 Å². The topological polar surface area (TPSA) is 47.3 Å². The van der Waals surface area contributed by atoms with Crippen molar-refractivity contribution >= 4 is 11.4 Å². The van der Waals surface area contributed by atoms with Crippen LogP contribution in [0.2, 0.25) is 0 Å². The van der Waals surface area contributed by atoms with Crippen molar-refractivity contribution in [3.8, 4) is 5.75 Å². The molecular weight excluding hydrogens is 231 g/mol. The summed E-state index contributed by atoms with van der Waals surface area (Å²) in [5, 5.41) is 3.16. The Morgan fingerprint density at radius 2 is 2.00 bits per heavy atom. The van der Waals surface area contributed by atoms with Gasteiger partial charge in [0.1, 0.15) is 11.6 Å². The molecule has 94 valence electrons. The average Bonchev–Trinajstić information content (AvgIpc) is 2.38. The van der Waals surface area contributed by atoms with E-state index in [1.54, 1.807) is 19.2 Å². The van der Waals surface area contributed by atoms with E-state index in [4.69, 9.17) is 10.5 Å². The summed E-state index contributed by atoms with van der Waals surface area (Å²) in [5.74, 6) is 0.382. The first kappa shape index (κ1) is 12.2. The highest BCUT2D eigenvalue weighted by atomic mass is 19.1. The van der Waals surface area contributed by atoms with Crippen molar-refractivity contribution in [2.24, 2.45) is 0 Å². The molecule has 18 heavy (non-hydrogen) atoms. The highest BCUT2D eigenvalue weighted by Crippen LogP contribution is 2.29. The van der Waals surface area contributed by atoms with Crippen LogP contribution in [0.3, 0.4) is 0 Å². The molecule has 0 aromatic heterocycles. The van der Waals surface area contributed by atoms with Gasteiger partial charge in [-0.2, -0.15) is 0 Å². The molecule has 0 aliphatic rings. The van der Waals surface area contributed by atoms with Crippen LogP contribution in [0.5, 0.6) is 5.75 Å². The van der Waals surface area contributed by atoms with Crippen molar-refractivity contribution in [1.82, 2.24) is 0 Å². The fraction of sp³-hybridized carbons (Fsp3) is 0.143. The molecule has 2 rings (SSSR count). The molecule has 0 aliphatic heterocycles. The van der Waals surface area contributed by atoms with Crippen LogP contribution in [-0.2, 0) is 6.54 Å². The van der Waals surface area contributed by atoms with Crippen molar-refractivity contribution in [3.05, 3.63) is 53.8 Å². The zero-order valence-electron chi connectivity index (χ0n) is 10.1. The van der Waals surface area contributed by atoms with E-state index in [1.807, 2.05) is 18.2 Å². The Balaban J connectivity index is 2.11. The van der Waals surface area contributed by atoms with Crippen LogP contribution in [0.25, 0.3) is 0 Å². The van der Waals surface area contributed by atoms with E-state index < -0.39 is 0 Å². The van der Waals surface area contributed by atoms with E-state index in [9.17, 15) is 4.39 Å². The number of benzene rings is 2. The fourth-order valence-electron chi connectivity index (χ4n) is 1.72. The predicted molar refractivity (Wildman–Crippen MR) is 71.1 cm³/mol. The number of anilines is 2. The summed E-state index contributed by atoms with van der Waals surface area (Å²) in [5.41, 5.74) is 8.11. The molecule has 0 aliphatic carbocycles. The average molecular weight is 246 g/mol. The van der Waals surface area contributed by atoms with Gasteiger partial charge in [0.15, 0.2) is 0 Å². The zero-order chi connectivity index (χ0) is 13.0. The van der Waals surface area contributed by atoms with Gasteiger partial charge < -0.3 is 15.8 Å². The Bertz CT molecular complexity index is 543. The number of ether oxygens (including phenoxy) is 1. The number of halogens is 1. The smallest absolute Gasteiger partial charge is 0.143 e. The van der Waals surface area contributed by atoms with E-state index >= 15 is 0 Å². The second kappa shape index (κ2) is 5.40. The van der Waals surface area contributed by atoms with Crippen molar-refractivity contribution < 1.29 is 9.13 Å².